The summed E-state index contributed by atoms with van der Waals surface area (Å²) in [6, 6.07) is 7.72. The van der Waals surface area contributed by atoms with Gasteiger partial charge in [-0.3, -0.25) is 14.8 Å². The van der Waals surface area contributed by atoms with Crippen LogP contribution in [0.15, 0.2) is 42.9 Å². The van der Waals surface area contributed by atoms with Crippen LogP contribution in [0.5, 0.6) is 0 Å². The van der Waals surface area contributed by atoms with E-state index in [-0.39, 0.29) is 18.6 Å². The number of aromatic nitrogens is 2. The van der Waals surface area contributed by atoms with Crippen LogP contribution in [0.3, 0.4) is 0 Å². The minimum atomic E-state index is -0.268. The van der Waals surface area contributed by atoms with Crippen LogP contribution in [0.2, 0.25) is 0 Å². The van der Waals surface area contributed by atoms with Crippen LogP contribution < -0.4 is 5.32 Å². The molecule has 1 aromatic heterocycles. The van der Waals surface area contributed by atoms with Gasteiger partial charge in [-0.05, 0) is 30.9 Å². The lowest BCUT2D eigenvalue weighted by atomic mass is 10.0. The summed E-state index contributed by atoms with van der Waals surface area (Å²) >= 11 is 0. The Labute approximate surface area is 130 Å². The fraction of sp³-hybridized carbons (Fsp3) is 0.353. The van der Waals surface area contributed by atoms with Crippen molar-refractivity contribution in [2.24, 2.45) is 0 Å². The summed E-state index contributed by atoms with van der Waals surface area (Å²) in [4.78, 5) is 20.1. The van der Waals surface area contributed by atoms with Gasteiger partial charge in [-0.25, -0.2) is 0 Å². The molecule has 0 bridgehead atoms. The molecule has 0 saturated heterocycles. The van der Waals surface area contributed by atoms with Crippen molar-refractivity contribution >= 4 is 5.91 Å². The van der Waals surface area contributed by atoms with E-state index < -0.39 is 0 Å². The molecule has 1 unspecified atom stereocenters. The Morgan fingerprint density at radius 3 is 2.82 bits per heavy atom. The summed E-state index contributed by atoms with van der Waals surface area (Å²) in [5.41, 5.74) is 3.09. The number of aliphatic hydroxyl groups excluding tert-OH is 1. The third-order valence-electron chi connectivity index (χ3n) is 3.54. The molecule has 22 heavy (non-hydrogen) atoms. The van der Waals surface area contributed by atoms with E-state index in [1.54, 1.807) is 18.6 Å². The van der Waals surface area contributed by atoms with E-state index in [0.717, 1.165) is 16.8 Å². The van der Waals surface area contributed by atoms with Gasteiger partial charge in [0.15, 0.2) is 0 Å². The molecule has 2 N–H and O–H groups in total. The van der Waals surface area contributed by atoms with Gasteiger partial charge in [-0.2, -0.15) is 0 Å². The second-order valence-electron chi connectivity index (χ2n) is 5.27. The van der Waals surface area contributed by atoms with Crippen molar-refractivity contribution in [2.75, 3.05) is 6.61 Å². The first-order chi connectivity index (χ1) is 10.7. The zero-order chi connectivity index (χ0) is 15.8. The van der Waals surface area contributed by atoms with Crippen molar-refractivity contribution in [3.8, 4) is 0 Å². The van der Waals surface area contributed by atoms with Crippen LogP contribution in [0.4, 0.5) is 0 Å². The summed E-state index contributed by atoms with van der Waals surface area (Å²) in [5.74, 6) is -0.0849. The second kappa shape index (κ2) is 8.24. The molecule has 0 aliphatic rings. The van der Waals surface area contributed by atoms with Crippen molar-refractivity contribution in [1.82, 2.24) is 15.3 Å². The molecule has 1 amide bonds. The SMILES string of the molecule is Cc1ccccc1CC(CO)NC(=O)CCc1cnccn1. The summed E-state index contributed by atoms with van der Waals surface area (Å²) in [5, 5.41) is 12.4. The Bertz CT molecular complexity index is 602. The van der Waals surface area contributed by atoms with Crippen molar-refractivity contribution in [1.29, 1.82) is 0 Å². The van der Waals surface area contributed by atoms with Crippen molar-refractivity contribution < 1.29 is 9.90 Å². The number of carbonyl (C=O) groups excluding carboxylic acids is 1. The zero-order valence-electron chi connectivity index (χ0n) is 12.7. The Hall–Kier alpha value is -2.27. The number of aryl methyl sites for hydroxylation is 2. The maximum absolute atomic E-state index is 12.0. The first-order valence-corrected chi connectivity index (χ1v) is 7.38. The number of hydrogen-bond donors (Lipinski definition) is 2. The van der Waals surface area contributed by atoms with Crippen LogP contribution in [-0.4, -0.2) is 33.6 Å². The number of nitrogens with one attached hydrogen (secondary N) is 1. The van der Waals surface area contributed by atoms with Crippen LogP contribution in [0.1, 0.15) is 23.2 Å². The minimum Gasteiger partial charge on any atom is -0.394 e. The molecule has 1 aromatic carbocycles. The highest BCUT2D eigenvalue weighted by Crippen LogP contribution is 2.10. The molecule has 0 fully saturated rings. The maximum atomic E-state index is 12.0. The Morgan fingerprint density at radius 1 is 1.32 bits per heavy atom. The smallest absolute Gasteiger partial charge is 0.220 e. The number of aliphatic hydroxyl groups is 1. The number of carbonyl (C=O) groups is 1. The van der Waals surface area contributed by atoms with Crippen LogP contribution in [0.25, 0.3) is 0 Å². The fourth-order valence-electron chi connectivity index (χ4n) is 2.27. The standard InChI is InChI=1S/C17H21N3O2/c1-13-4-2-3-5-14(13)10-16(12-21)20-17(22)7-6-15-11-18-8-9-19-15/h2-5,8-9,11,16,21H,6-7,10,12H2,1H3,(H,20,22). The lowest BCUT2D eigenvalue weighted by molar-refractivity contribution is -0.122. The quantitative estimate of drug-likeness (QED) is 0.811. The summed E-state index contributed by atoms with van der Waals surface area (Å²) in [6.45, 7) is 1.95. The highest BCUT2D eigenvalue weighted by molar-refractivity contribution is 5.76. The molecule has 116 valence electrons. The minimum absolute atomic E-state index is 0.0782. The highest BCUT2D eigenvalue weighted by Gasteiger charge is 2.13. The van der Waals surface area contributed by atoms with Gasteiger partial charge in [-0.1, -0.05) is 24.3 Å². The van der Waals surface area contributed by atoms with Crippen LogP contribution >= 0.6 is 0 Å². The predicted octanol–water partition coefficient (Wildman–Crippen LogP) is 1.44. The number of amides is 1. The molecule has 0 radical (unpaired) electrons. The first-order valence-electron chi connectivity index (χ1n) is 7.38. The van der Waals surface area contributed by atoms with E-state index in [1.165, 1.54) is 0 Å². The van der Waals surface area contributed by atoms with E-state index in [0.29, 0.717) is 19.3 Å². The third kappa shape index (κ3) is 4.93. The Morgan fingerprint density at radius 2 is 2.14 bits per heavy atom. The molecule has 5 heteroatoms. The van der Waals surface area contributed by atoms with E-state index >= 15 is 0 Å². The number of rotatable bonds is 7. The largest absolute Gasteiger partial charge is 0.394 e. The average Bonchev–Trinajstić information content (AvgIpc) is 2.55. The predicted molar refractivity (Wildman–Crippen MR) is 84.3 cm³/mol. The molecule has 5 nitrogen and oxygen atoms in total. The van der Waals surface area contributed by atoms with Gasteiger partial charge < -0.3 is 10.4 Å². The molecule has 0 saturated carbocycles. The van der Waals surface area contributed by atoms with Crippen molar-refractivity contribution in [3.63, 3.8) is 0 Å². The summed E-state index contributed by atoms with van der Waals surface area (Å²) < 4.78 is 0. The van der Waals surface area contributed by atoms with Gasteiger partial charge in [0.05, 0.1) is 18.3 Å². The van der Waals surface area contributed by atoms with Gasteiger partial charge in [0, 0.05) is 25.0 Å². The molecule has 2 rings (SSSR count). The third-order valence-corrected chi connectivity index (χ3v) is 3.54. The van der Waals surface area contributed by atoms with E-state index in [9.17, 15) is 9.90 Å². The van der Waals surface area contributed by atoms with E-state index in [4.69, 9.17) is 0 Å². The zero-order valence-corrected chi connectivity index (χ0v) is 12.7. The second-order valence-corrected chi connectivity index (χ2v) is 5.27. The Kier molecular flexibility index (Phi) is 6.03. The molecule has 1 heterocycles. The van der Waals surface area contributed by atoms with Gasteiger partial charge in [0.1, 0.15) is 0 Å². The van der Waals surface area contributed by atoms with Crippen molar-refractivity contribution in [2.45, 2.75) is 32.2 Å². The van der Waals surface area contributed by atoms with Gasteiger partial charge in [0.25, 0.3) is 0 Å². The molecular weight excluding hydrogens is 278 g/mol. The molecule has 1 atom stereocenters. The van der Waals surface area contributed by atoms with Gasteiger partial charge in [0.2, 0.25) is 5.91 Å². The van der Waals surface area contributed by atoms with E-state index in [1.807, 2.05) is 31.2 Å². The average molecular weight is 299 g/mol. The number of benzene rings is 1. The van der Waals surface area contributed by atoms with Crippen molar-refractivity contribution in [3.05, 3.63) is 59.7 Å². The lowest BCUT2D eigenvalue weighted by Crippen LogP contribution is -2.39. The fourth-order valence-corrected chi connectivity index (χ4v) is 2.27. The lowest BCUT2D eigenvalue weighted by Gasteiger charge is -2.17. The molecule has 0 spiro atoms. The number of hydrogen-bond acceptors (Lipinski definition) is 4. The number of nitrogens with zero attached hydrogens (tertiary/aromatic N) is 2. The molecule has 2 aromatic rings. The summed E-state index contributed by atoms with van der Waals surface area (Å²) in [7, 11) is 0. The normalized spacial score (nSPS) is 11.9. The van der Waals surface area contributed by atoms with Crippen LogP contribution in [-0.2, 0) is 17.6 Å². The van der Waals surface area contributed by atoms with Gasteiger partial charge in [-0.15, -0.1) is 0 Å². The monoisotopic (exact) mass is 299 g/mol. The summed E-state index contributed by atoms with van der Waals surface area (Å²) in [6.07, 6.45) is 6.38. The molecular formula is C17H21N3O2. The Balaban J connectivity index is 1.84. The van der Waals surface area contributed by atoms with E-state index in [2.05, 4.69) is 15.3 Å². The molecule has 0 aliphatic carbocycles. The maximum Gasteiger partial charge on any atom is 0.220 e. The highest BCUT2D eigenvalue weighted by atomic mass is 16.3. The van der Waals surface area contributed by atoms with Crippen LogP contribution in [0, 0.1) is 6.92 Å². The first kappa shape index (κ1) is 16.1. The topological polar surface area (TPSA) is 75.1 Å². The van der Waals surface area contributed by atoms with Gasteiger partial charge >= 0.3 is 0 Å². The molecule has 0 aliphatic heterocycles.